The zero-order valence-electron chi connectivity index (χ0n) is 11.8. The molecule has 0 aliphatic carbocycles. The van der Waals surface area contributed by atoms with Crippen molar-refractivity contribution in [3.63, 3.8) is 0 Å². The normalized spacial score (nSPS) is 11.0. The summed E-state index contributed by atoms with van der Waals surface area (Å²) in [5.74, 6) is -0.154. The van der Waals surface area contributed by atoms with Gasteiger partial charge in [-0.15, -0.1) is 0 Å². The van der Waals surface area contributed by atoms with E-state index in [1.807, 2.05) is 6.92 Å². The zero-order valence-corrected chi connectivity index (χ0v) is 12.7. The number of hydrogen-bond donors (Lipinski definition) is 0. The van der Waals surface area contributed by atoms with Gasteiger partial charge < -0.3 is 8.92 Å². The summed E-state index contributed by atoms with van der Waals surface area (Å²) in [6.45, 7) is 1.82. The molecule has 2 aromatic carbocycles. The average Bonchev–Trinajstić information content (AvgIpc) is 2.47. The van der Waals surface area contributed by atoms with Gasteiger partial charge in [-0.1, -0.05) is 17.7 Å². The molecule has 0 saturated heterocycles. The van der Waals surface area contributed by atoms with Gasteiger partial charge in [0, 0.05) is 6.07 Å². The first kappa shape index (κ1) is 15.8. The van der Waals surface area contributed by atoms with Crippen LogP contribution < -0.4 is 8.92 Å². The molecule has 0 radical (unpaired) electrons. The Kier molecular flexibility index (Phi) is 4.32. The number of hydrogen-bond acceptors (Lipinski definition) is 6. The van der Waals surface area contributed by atoms with Gasteiger partial charge in [-0.3, -0.25) is 10.1 Å². The molecule has 0 amide bonds. The lowest BCUT2D eigenvalue weighted by Crippen LogP contribution is -2.10. The summed E-state index contributed by atoms with van der Waals surface area (Å²) in [6.07, 6.45) is 0. The van der Waals surface area contributed by atoms with Crippen molar-refractivity contribution < 1.29 is 22.3 Å². The molecule has 0 bridgehead atoms. The Balaban J connectivity index is 2.42. The first-order valence-electron chi connectivity index (χ1n) is 6.17. The van der Waals surface area contributed by atoms with Crippen molar-refractivity contribution in [2.45, 2.75) is 11.8 Å². The maximum atomic E-state index is 12.2. The number of rotatable bonds is 5. The van der Waals surface area contributed by atoms with E-state index in [0.717, 1.165) is 11.6 Å². The largest absolute Gasteiger partial charge is 0.493 e. The number of aryl methyl sites for hydroxylation is 1. The Hall–Kier alpha value is -2.61. The van der Waals surface area contributed by atoms with Crippen LogP contribution in [0.4, 0.5) is 5.69 Å². The number of non-ortho nitro benzene ring substituents is 1. The van der Waals surface area contributed by atoms with Crippen LogP contribution in [0.2, 0.25) is 0 Å². The number of methoxy groups -OCH3 is 1. The quantitative estimate of drug-likeness (QED) is 0.477. The highest BCUT2D eigenvalue weighted by Crippen LogP contribution is 2.33. The molecule has 0 aliphatic rings. The third kappa shape index (κ3) is 3.34. The molecule has 0 N–H and O–H groups in total. The van der Waals surface area contributed by atoms with Crippen molar-refractivity contribution in [1.29, 1.82) is 0 Å². The molecule has 22 heavy (non-hydrogen) atoms. The topological polar surface area (TPSA) is 95.7 Å². The molecular weight excluding hydrogens is 310 g/mol. The van der Waals surface area contributed by atoms with Crippen LogP contribution >= 0.6 is 0 Å². The van der Waals surface area contributed by atoms with Crippen molar-refractivity contribution >= 4 is 15.8 Å². The van der Waals surface area contributed by atoms with Crippen LogP contribution in [-0.4, -0.2) is 20.5 Å². The number of nitrogens with zero attached hydrogens (tertiary/aromatic N) is 1. The number of ether oxygens (including phenoxy) is 1. The lowest BCUT2D eigenvalue weighted by Gasteiger charge is -2.10. The van der Waals surface area contributed by atoms with Crippen LogP contribution in [-0.2, 0) is 10.1 Å². The predicted molar refractivity (Wildman–Crippen MR) is 78.6 cm³/mol. The van der Waals surface area contributed by atoms with E-state index >= 15 is 0 Å². The number of benzene rings is 2. The predicted octanol–water partition coefficient (Wildman–Crippen LogP) is 2.68. The summed E-state index contributed by atoms with van der Waals surface area (Å²) in [7, 11) is -2.80. The summed E-state index contributed by atoms with van der Waals surface area (Å²) < 4.78 is 34.4. The van der Waals surface area contributed by atoms with Crippen molar-refractivity contribution in [3.8, 4) is 11.5 Å². The van der Waals surface area contributed by atoms with Crippen LogP contribution in [0.25, 0.3) is 0 Å². The Morgan fingerprint density at radius 2 is 1.68 bits per heavy atom. The SMILES string of the molecule is COc1ccc([N+](=O)[O-])cc1OS(=O)(=O)c1ccc(C)cc1. The molecule has 0 fully saturated rings. The average molecular weight is 323 g/mol. The Morgan fingerprint density at radius 1 is 1.05 bits per heavy atom. The fourth-order valence-corrected chi connectivity index (χ4v) is 2.65. The van der Waals surface area contributed by atoms with E-state index in [9.17, 15) is 18.5 Å². The molecule has 7 nitrogen and oxygen atoms in total. The molecule has 0 heterocycles. The van der Waals surface area contributed by atoms with E-state index in [2.05, 4.69) is 0 Å². The molecule has 2 aromatic rings. The van der Waals surface area contributed by atoms with E-state index < -0.39 is 15.0 Å². The monoisotopic (exact) mass is 323 g/mol. The van der Waals surface area contributed by atoms with Gasteiger partial charge in [-0.2, -0.15) is 8.42 Å². The van der Waals surface area contributed by atoms with Crippen molar-refractivity contribution in [3.05, 3.63) is 58.1 Å². The molecule has 116 valence electrons. The van der Waals surface area contributed by atoms with Gasteiger partial charge in [-0.25, -0.2) is 0 Å². The van der Waals surface area contributed by atoms with Gasteiger partial charge in [0.1, 0.15) is 4.90 Å². The maximum Gasteiger partial charge on any atom is 0.339 e. The zero-order chi connectivity index (χ0) is 16.3. The molecule has 0 saturated carbocycles. The highest BCUT2D eigenvalue weighted by atomic mass is 32.2. The molecule has 0 unspecified atom stereocenters. The first-order valence-corrected chi connectivity index (χ1v) is 7.58. The van der Waals surface area contributed by atoms with E-state index in [1.165, 1.54) is 31.4 Å². The second-order valence-corrected chi connectivity index (χ2v) is 5.99. The second kappa shape index (κ2) is 6.02. The molecular formula is C14H13NO6S. The number of nitro groups is 1. The lowest BCUT2D eigenvalue weighted by molar-refractivity contribution is -0.384. The van der Waals surface area contributed by atoms with Crippen molar-refractivity contribution in [1.82, 2.24) is 0 Å². The minimum atomic E-state index is -4.11. The first-order chi connectivity index (χ1) is 10.3. The van der Waals surface area contributed by atoms with Crippen molar-refractivity contribution in [2.24, 2.45) is 0 Å². The van der Waals surface area contributed by atoms with E-state index in [4.69, 9.17) is 8.92 Å². The van der Waals surface area contributed by atoms with E-state index in [1.54, 1.807) is 12.1 Å². The van der Waals surface area contributed by atoms with E-state index in [-0.39, 0.29) is 22.1 Å². The van der Waals surface area contributed by atoms with Crippen LogP contribution in [0.5, 0.6) is 11.5 Å². The Labute approximate surface area is 127 Å². The lowest BCUT2D eigenvalue weighted by atomic mass is 10.2. The highest BCUT2D eigenvalue weighted by molar-refractivity contribution is 7.87. The third-order valence-corrected chi connectivity index (χ3v) is 4.12. The van der Waals surface area contributed by atoms with Crippen LogP contribution in [0.15, 0.2) is 47.4 Å². The number of nitro benzene ring substituents is 1. The van der Waals surface area contributed by atoms with Crippen LogP contribution in [0, 0.1) is 17.0 Å². The second-order valence-electron chi connectivity index (χ2n) is 4.44. The van der Waals surface area contributed by atoms with Crippen LogP contribution in [0.1, 0.15) is 5.56 Å². The smallest absolute Gasteiger partial charge is 0.339 e. The summed E-state index contributed by atoms with van der Waals surface area (Å²) >= 11 is 0. The molecule has 0 atom stereocenters. The maximum absolute atomic E-state index is 12.2. The standard InChI is InChI=1S/C14H13NO6S/c1-10-3-6-12(7-4-10)22(18,19)21-14-9-11(15(16)17)5-8-13(14)20-2/h3-9H,1-2H3. The fraction of sp³-hybridized carbons (Fsp3) is 0.143. The molecule has 2 rings (SSSR count). The highest BCUT2D eigenvalue weighted by Gasteiger charge is 2.21. The Morgan fingerprint density at radius 3 is 2.23 bits per heavy atom. The summed E-state index contributed by atoms with van der Waals surface area (Å²) in [6, 6.07) is 9.53. The summed E-state index contributed by atoms with van der Waals surface area (Å²) in [4.78, 5) is 10.1. The van der Waals surface area contributed by atoms with Crippen molar-refractivity contribution in [2.75, 3.05) is 7.11 Å². The van der Waals surface area contributed by atoms with Gasteiger partial charge in [-0.05, 0) is 25.1 Å². The molecule has 0 aromatic heterocycles. The van der Waals surface area contributed by atoms with Gasteiger partial charge in [0.15, 0.2) is 11.5 Å². The van der Waals surface area contributed by atoms with E-state index in [0.29, 0.717) is 0 Å². The molecule has 0 spiro atoms. The minimum Gasteiger partial charge on any atom is -0.493 e. The summed E-state index contributed by atoms with van der Waals surface area (Å²) in [5.41, 5.74) is 0.599. The van der Waals surface area contributed by atoms with Gasteiger partial charge in [0.05, 0.1) is 18.1 Å². The van der Waals surface area contributed by atoms with Gasteiger partial charge in [0.25, 0.3) is 5.69 Å². The van der Waals surface area contributed by atoms with Gasteiger partial charge >= 0.3 is 10.1 Å². The Bertz CT molecular complexity index is 799. The third-order valence-electron chi connectivity index (χ3n) is 2.87. The minimum absolute atomic E-state index is 0.0494. The van der Waals surface area contributed by atoms with Crippen LogP contribution in [0.3, 0.4) is 0 Å². The molecule has 0 aliphatic heterocycles. The fourth-order valence-electron chi connectivity index (χ4n) is 1.72. The summed E-state index contributed by atoms with van der Waals surface area (Å²) in [5, 5.41) is 10.8. The molecule has 8 heteroatoms. The van der Waals surface area contributed by atoms with Gasteiger partial charge in [0.2, 0.25) is 0 Å².